The monoisotopic (exact) mass is 241 g/mol. The van der Waals surface area contributed by atoms with Crippen LogP contribution in [0, 0.1) is 0 Å². The van der Waals surface area contributed by atoms with Gasteiger partial charge in [0.15, 0.2) is 5.78 Å². The highest BCUT2D eigenvalue weighted by atomic mass is 32.2. The number of rotatable bonds is 6. The van der Waals surface area contributed by atoms with Crippen LogP contribution >= 0.6 is 12.0 Å². The van der Waals surface area contributed by atoms with Crippen LogP contribution in [0.2, 0.25) is 0 Å². The van der Waals surface area contributed by atoms with Gasteiger partial charge in [0.05, 0.1) is 0 Å². The van der Waals surface area contributed by atoms with E-state index in [0.717, 1.165) is 18.4 Å². The molecule has 0 bridgehead atoms. The third kappa shape index (κ3) is 4.33. The maximum absolute atomic E-state index is 11.0. The molecule has 0 fully saturated rings. The van der Waals surface area contributed by atoms with Gasteiger partial charge in [-0.05, 0) is 36.3 Å². The lowest BCUT2D eigenvalue weighted by molar-refractivity contribution is -0.190. The molecule has 16 heavy (non-hydrogen) atoms. The highest BCUT2D eigenvalue weighted by molar-refractivity contribution is 7.93. The molecule has 0 amide bonds. The number of ketones is 1. The normalized spacial score (nSPS) is 10.4. The van der Waals surface area contributed by atoms with Crippen molar-refractivity contribution in [2.45, 2.75) is 6.92 Å². The van der Waals surface area contributed by atoms with Crippen molar-refractivity contribution in [3.05, 3.63) is 29.8 Å². The first-order valence-electron chi connectivity index (χ1n) is 4.40. The lowest BCUT2D eigenvalue weighted by atomic mass is 10.1. The molecule has 0 aliphatic rings. The lowest BCUT2D eigenvalue weighted by Gasteiger charge is -1.99. The van der Waals surface area contributed by atoms with E-state index in [1.165, 1.54) is 6.92 Å². The van der Waals surface area contributed by atoms with Gasteiger partial charge in [-0.15, -0.1) is 0 Å². The molecule has 0 N–H and O–H groups in total. The van der Waals surface area contributed by atoms with E-state index in [2.05, 4.69) is 14.5 Å². The highest BCUT2D eigenvalue weighted by Gasteiger charge is 1.98. The smallest absolute Gasteiger partial charge is 0.222 e. The maximum Gasteiger partial charge on any atom is 0.222 e. The van der Waals surface area contributed by atoms with E-state index in [1.807, 2.05) is 0 Å². The van der Waals surface area contributed by atoms with Crippen molar-refractivity contribution >= 4 is 24.2 Å². The summed E-state index contributed by atoms with van der Waals surface area (Å²) in [6.07, 6.45) is 2.79. The van der Waals surface area contributed by atoms with Crippen LogP contribution in [-0.4, -0.2) is 18.4 Å². The molecular formula is C10H11NO4S. The highest BCUT2D eigenvalue weighted by Crippen LogP contribution is 2.11. The summed E-state index contributed by atoms with van der Waals surface area (Å²) < 4.78 is 9.49. The van der Waals surface area contributed by atoms with Crippen LogP contribution in [0.4, 0.5) is 0 Å². The predicted octanol–water partition coefficient (Wildman–Crippen LogP) is 2.44. The topological polar surface area (TPSA) is 57.1 Å². The van der Waals surface area contributed by atoms with Crippen LogP contribution in [0.3, 0.4) is 0 Å². The molecule has 0 aliphatic carbocycles. The minimum atomic E-state index is 0.0110. The number of carbonyl (C=O) groups excluding carboxylic acids is 1. The first-order chi connectivity index (χ1) is 7.74. The quantitative estimate of drug-likeness (QED) is 0.146. The lowest BCUT2D eigenvalue weighted by Crippen LogP contribution is -1.94. The number of benzene rings is 1. The zero-order valence-electron chi connectivity index (χ0n) is 8.88. The Kier molecular flexibility index (Phi) is 5.38. The molecule has 0 saturated heterocycles. The zero-order valence-corrected chi connectivity index (χ0v) is 9.69. The van der Waals surface area contributed by atoms with Gasteiger partial charge in [-0.1, -0.05) is 4.33 Å². The Morgan fingerprint density at radius 1 is 1.38 bits per heavy atom. The summed E-state index contributed by atoms with van der Waals surface area (Å²) in [5.74, 6) is 0.568. The summed E-state index contributed by atoms with van der Waals surface area (Å²) in [4.78, 5) is 15.3. The number of carbonyl (C=O) groups is 1. The van der Waals surface area contributed by atoms with Crippen molar-refractivity contribution < 1.29 is 18.9 Å². The van der Waals surface area contributed by atoms with E-state index >= 15 is 0 Å². The van der Waals surface area contributed by atoms with E-state index in [4.69, 9.17) is 4.74 Å². The fourth-order valence-electron chi connectivity index (χ4n) is 0.916. The molecule has 86 valence electrons. The average Bonchev–Trinajstić information content (AvgIpc) is 2.29. The number of Topliss-reactive ketones (excluding diaryl/α,β-unsaturated/α-hetero) is 1. The Balaban J connectivity index is 2.43. The Morgan fingerprint density at radius 2 is 2.06 bits per heavy atom. The van der Waals surface area contributed by atoms with Gasteiger partial charge < -0.3 is 4.74 Å². The zero-order chi connectivity index (χ0) is 11.8. The summed E-state index contributed by atoms with van der Waals surface area (Å²) in [5.41, 5.74) is 0.631. The third-order valence-electron chi connectivity index (χ3n) is 1.63. The van der Waals surface area contributed by atoms with Gasteiger partial charge >= 0.3 is 0 Å². The summed E-state index contributed by atoms with van der Waals surface area (Å²) in [7, 11) is 0. The van der Waals surface area contributed by atoms with E-state index in [-0.39, 0.29) is 5.78 Å². The van der Waals surface area contributed by atoms with Gasteiger partial charge in [-0.25, -0.2) is 4.99 Å². The second-order valence-electron chi connectivity index (χ2n) is 2.72. The van der Waals surface area contributed by atoms with Crippen molar-refractivity contribution in [3.63, 3.8) is 0 Å². The molecule has 0 unspecified atom stereocenters. The van der Waals surface area contributed by atoms with Crippen LogP contribution in [0.15, 0.2) is 29.4 Å². The van der Waals surface area contributed by atoms with Gasteiger partial charge in [-0.2, -0.15) is 0 Å². The Bertz CT molecular complexity index is 364. The SMILES string of the molecule is CSOON=COc1ccc(C(C)=O)cc1. The third-order valence-corrected chi connectivity index (χ3v) is 1.83. The number of nitrogens with zero attached hydrogens (tertiary/aromatic N) is 1. The van der Waals surface area contributed by atoms with Gasteiger partial charge in [0.1, 0.15) is 5.75 Å². The minimum absolute atomic E-state index is 0.0110. The number of hydrogen-bond donors (Lipinski definition) is 0. The Morgan fingerprint density at radius 3 is 2.62 bits per heavy atom. The van der Waals surface area contributed by atoms with Gasteiger partial charge in [-0.3, -0.25) is 4.79 Å². The van der Waals surface area contributed by atoms with Crippen LogP contribution in [0.25, 0.3) is 0 Å². The molecule has 1 aromatic rings. The Labute approximate surface area is 97.5 Å². The maximum atomic E-state index is 11.0. The van der Waals surface area contributed by atoms with Crippen LogP contribution < -0.4 is 4.74 Å². The van der Waals surface area contributed by atoms with Crippen molar-refractivity contribution in [1.82, 2.24) is 0 Å². The van der Waals surface area contributed by atoms with Crippen LogP contribution in [-0.2, 0) is 9.32 Å². The summed E-state index contributed by atoms with van der Waals surface area (Å²) in [5, 5.41) is 3.36. The standard InChI is InChI=1S/C10H11NO4S/c1-8(12)9-3-5-10(6-4-9)13-7-11-14-15-16-2/h3-7H,1-2H3. The molecule has 0 heterocycles. The summed E-state index contributed by atoms with van der Waals surface area (Å²) in [6, 6.07) is 6.67. The molecule has 0 saturated carbocycles. The van der Waals surface area contributed by atoms with E-state index in [1.54, 1.807) is 30.5 Å². The molecule has 0 spiro atoms. The first-order valence-corrected chi connectivity index (χ1v) is 5.55. The molecule has 0 atom stereocenters. The average molecular weight is 241 g/mol. The fraction of sp³-hybridized carbons (Fsp3) is 0.200. The van der Waals surface area contributed by atoms with Gasteiger partial charge in [0.2, 0.25) is 6.40 Å². The predicted molar refractivity (Wildman–Crippen MR) is 61.3 cm³/mol. The number of oxime groups is 1. The molecule has 0 aliphatic heterocycles. The Hall–Kier alpha value is -1.53. The summed E-state index contributed by atoms with van der Waals surface area (Å²) in [6.45, 7) is 1.50. The van der Waals surface area contributed by atoms with Crippen LogP contribution in [0.1, 0.15) is 17.3 Å². The number of ether oxygens (including phenoxy) is 1. The fourth-order valence-corrected chi connectivity index (χ4v) is 1.01. The molecule has 5 nitrogen and oxygen atoms in total. The van der Waals surface area contributed by atoms with Crippen molar-refractivity contribution in [1.29, 1.82) is 0 Å². The second kappa shape index (κ2) is 6.86. The van der Waals surface area contributed by atoms with Crippen molar-refractivity contribution in [2.75, 3.05) is 6.26 Å². The molecule has 0 radical (unpaired) electrons. The molecule has 6 heteroatoms. The minimum Gasteiger partial charge on any atom is -0.442 e. The molecular weight excluding hydrogens is 230 g/mol. The van der Waals surface area contributed by atoms with Gasteiger partial charge in [0.25, 0.3) is 0 Å². The second-order valence-corrected chi connectivity index (χ2v) is 3.19. The first kappa shape index (κ1) is 12.5. The largest absolute Gasteiger partial charge is 0.442 e. The summed E-state index contributed by atoms with van der Waals surface area (Å²) >= 11 is 1.02. The van der Waals surface area contributed by atoms with E-state index < -0.39 is 0 Å². The van der Waals surface area contributed by atoms with E-state index in [9.17, 15) is 4.79 Å². The van der Waals surface area contributed by atoms with Gasteiger partial charge in [0, 0.05) is 23.9 Å². The number of hydrogen-bond acceptors (Lipinski definition) is 6. The van der Waals surface area contributed by atoms with E-state index in [0.29, 0.717) is 11.3 Å². The molecule has 0 aromatic heterocycles. The molecule has 1 rings (SSSR count). The van der Waals surface area contributed by atoms with Crippen molar-refractivity contribution in [2.24, 2.45) is 5.16 Å². The van der Waals surface area contributed by atoms with Crippen LogP contribution in [0.5, 0.6) is 5.75 Å². The van der Waals surface area contributed by atoms with Crippen molar-refractivity contribution in [3.8, 4) is 5.75 Å². The molecule has 1 aromatic carbocycles.